The Morgan fingerprint density at radius 3 is 2.61 bits per heavy atom. The maximum absolute atomic E-state index is 11.7. The average molecular weight is 311 g/mol. The molecule has 0 spiro atoms. The molecule has 0 N–H and O–H groups in total. The summed E-state index contributed by atoms with van der Waals surface area (Å²) in [5.41, 5.74) is 0. The molecule has 7 nitrogen and oxygen atoms in total. The van der Waals surface area contributed by atoms with Crippen molar-refractivity contribution in [3.63, 3.8) is 0 Å². The topological polar surface area (TPSA) is 85.2 Å². The zero-order chi connectivity index (χ0) is 13.5. The summed E-state index contributed by atoms with van der Waals surface area (Å²) in [6.45, 7) is 0.00248. The minimum absolute atomic E-state index is 0.00248. The number of thioether (sulfide) groups is 1. The Kier molecular flexibility index (Phi) is 3.56. The molecule has 0 bridgehead atoms. The van der Waals surface area contributed by atoms with Gasteiger partial charge in [-0.15, -0.1) is 5.10 Å². The van der Waals surface area contributed by atoms with Gasteiger partial charge in [0.05, 0.1) is 0 Å². The quantitative estimate of drug-likeness (QED) is 0.586. The van der Waals surface area contributed by atoms with Gasteiger partial charge in [0.2, 0.25) is 15.0 Å². The lowest BCUT2D eigenvalue weighted by Gasteiger charge is -2.10. The van der Waals surface area contributed by atoms with Crippen LogP contribution in [0.1, 0.15) is 6.42 Å². The number of anilines is 1. The van der Waals surface area contributed by atoms with E-state index in [9.17, 15) is 13.2 Å². The number of hydrogen-bond acceptors (Lipinski definition) is 6. The van der Waals surface area contributed by atoms with Gasteiger partial charge in [-0.25, -0.2) is 13.1 Å². The molecule has 1 aliphatic heterocycles. The second-order valence-corrected chi connectivity index (χ2v) is 7.51. The Bertz CT molecular complexity index is 585. The molecule has 0 aromatic carbocycles. The van der Waals surface area contributed by atoms with Crippen LogP contribution in [0.2, 0.25) is 0 Å². The number of nitrogens with zero attached hydrogens (tertiary/aromatic N) is 4. The molecule has 18 heavy (non-hydrogen) atoms. The van der Waals surface area contributed by atoms with E-state index in [1.165, 1.54) is 21.3 Å². The van der Waals surface area contributed by atoms with Gasteiger partial charge in [0.15, 0.2) is 5.16 Å². The van der Waals surface area contributed by atoms with Gasteiger partial charge in [-0.2, -0.15) is 4.98 Å². The van der Waals surface area contributed by atoms with E-state index in [-0.39, 0.29) is 24.8 Å². The average Bonchev–Trinajstić information content (AvgIpc) is 2.80. The minimum atomic E-state index is -3.74. The van der Waals surface area contributed by atoms with Gasteiger partial charge in [0, 0.05) is 30.7 Å². The first-order chi connectivity index (χ1) is 8.32. The zero-order valence-corrected chi connectivity index (χ0v) is 12.1. The summed E-state index contributed by atoms with van der Waals surface area (Å²) in [4.78, 5) is 17.2. The van der Waals surface area contributed by atoms with Crippen LogP contribution in [-0.4, -0.2) is 47.1 Å². The fourth-order valence-corrected chi connectivity index (χ4v) is 3.21. The summed E-state index contributed by atoms with van der Waals surface area (Å²) in [6.07, 6.45) is 1.71. The lowest BCUT2D eigenvalue weighted by atomic mass is 10.4. The van der Waals surface area contributed by atoms with Crippen molar-refractivity contribution in [3.8, 4) is 0 Å². The van der Waals surface area contributed by atoms with Crippen molar-refractivity contribution in [1.29, 1.82) is 0 Å². The van der Waals surface area contributed by atoms with E-state index >= 15 is 0 Å². The Labute approximate surface area is 113 Å². The van der Waals surface area contributed by atoms with E-state index in [1.54, 1.807) is 7.05 Å². The maximum atomic E-state index is 11.7. The Balaban J connectivity index is 2.27. The van der Waals surface area contributed by atoms with Crippen molar-refractivity contribution >= 4 is 43.4 Å². The Morgan fingerprint density at radius 1 is 1.50 bits per heavy atom. The Morgan fingerprint density at radius 2 is 2.17 bits per heavy atom. The molecule has 1 atom stereocenters. The van der Waals surface area contributed by atoms with Crippen molar-refractivity contribution < 1.29 is 13.2 Å². The number of halogens is 1. The number of aryl methyl sites for hydroxylation is 1. The minimum Gasteiger partial charge on any atom is -0.278 e. The van der Waals surface area contributed by atoms with Gasteiger partial charge in [-0.3, -0.25) is 9.69 Å². The molecular formula is C8H11ClN4O3S2. The summed E-state index contributed by atoms with van der Waals surface area (Å²) >= 11 is 1.39. The lowest BCUT2D eigenvalue weighted by molar-refractivity contribution is -0.117. The molecule has 1 amide bonds. The summed E-state index contributed by atoms with van der Waals surface area (Å²) in [6, 6.07) is 0. The van der Waals surface area contributed by atoms with Crippen molar-refractivity contribution in [3.05, 3.63) is 0 Å². The van der Waals surface area contributed by atoms with Gasteiger partial charge in [-0.05, 0) is 6.26 Å². The largest absolute Gasteiger partial charge is 0.278 e. The second-order valence-electron chi connectivity index (χ2n) is 3.83. The first-order valence-electron chi connectivity index (χ1n) is 5.01. The number of amides is 1. The molecule has 1 aliphatic rings. The second kappa shape index (κ2) is 4.71. The van der Waals surface area contributed by atoms with Gasteiger partial charge in [-0.1, -0.05) is 11.8 Å². The standard InChI is InChI=1S/C8H11ClN4O3S2/c1-12-8(17-2)10-7(11-12)13-4-5(3-6(13)14)18(9,15)16/h5H,3-4H2,1-2H3. The highest BCUT2D eigenvalue weighted by atomic mass is 35.7. The van der Waals surface area contributed by atoms with E-state index in [0.717, 1.165) is 0 Å². The predicted molar refractivity (Wildman–Crippen MR) is 68.3 cm³/mol. The molecular weight excluding hydrogens is 300 g/mol. The first kappa shape index (κ1) is 13.6. The van der Waals surface area contributed by atoms with Crippen LogP contribution < -0.4 is 4.90 Å². The summed E-state index contributed by atoms with van der Waals surface area (Å²) in [5, 5.41) is 3.84. The van der Waals surface area contributed by atoms with Gasteiger partial charge in [0.1, 0.15) is 5.25 Å². The van der Waals surface area contributed by atoms with E-state index < -0.39 is 14.3 Å². The maximum Gasteiger partial charge on any atom is 0.252 e. The smallest absolute Gasteiger partial charge is 0.252 e. The van der Waals surface area contributed by atoms with E-state index in [1.807, 2.05) is 6.26 Å². The molecule has 1 aromatic heterocycles. The fourth-order valence-electron chi connectivity index (χ4n) is 1.71. The number of hydrogen-bond donors (Lipinski definition) is 0. The molecule has 0 aliphatic carbocycles. The molecule has 100 valence electrons. The molecule has 10 heteroatoms. The van der Waals surface area contributed by atoms with Crippen LogP contribution >= 0.6 is 22.4 Å². The molecule has 0 radical (unpaired) electrons. The van der Waals surface area contributed by atoms with E-state index in [2.05, 4.69) is 10.1 Å². The molecule has 2 heterocycles. The SMILES string of the molecule is CSc1nc(N2CC(S(=O)(=O)Cl)CC2=O)nn1C. The fraction of sp³-hybridized carbons (Fsp3) is 0.625. The highest BCUT2D eigenvalue weighted by Gasteiger charge is 2.39. The van der Waals surface area contributed by atoms with Gasteiger partial charge in [0.25, 0.3) is 5.95 Å². The first-order valence-corrected chi connectivity index (χ1v) is 8.61. The molecule has 2 rings (SSSR count). The zero-order valence-electron chi connectivity index (χ0n) is 9.70. The molecule has 1 saturated heterocycles. The van der Waals surface area contributed by atoms with Crippen LogP contribution in [0.3, 0.4) is 0 Å². The van der Waals surface area contributed by atoms with Gasteiger partial charge < -0.3 is 0 Å². The normalized spacial score (nSPS) is 20.7. The van der Waals surface area contributed by atoms with Crippen LogP contribution in [0.15, 0.2) is 5.16 Å². The highest BCUT2D eigenvalue weighted by Crippen LogP contribution is 2.25. The number of rotatable bonds is 3. The molecule has 1 unspecified atom stereocenters. The third kappa shape index (κ3) is 2.47. The third-order valence-corrected chi connectivity index (χ3v) is 5.21. The van der Waals surface area contributed by atoms with Crippen molar-refractivity contribution in [2.45, 2.75) is 16.8 Å². The molecule has 1 aromatic rings. The van der Waals surface area contributed by atoms with Crippen molar-refractivity contribution in [2.75, 3.05) is 17.7 Å². The van der Waals surface area contributed by atoms with E-state index in [4.69, 9.17) is 10.7 Å². The number of carbonyl (C=O) groups is 1. The van der Waals surface area contributed by atoms with Crippen LogP contribution in [0.5, 0.6) is 0 Å². The number of carbonyl (C=O) groups excluding carboxylic acids is 1. The number of aromatic nitrogens is 3. The lowest BCUT2D eigenvalue weighted by Crippen LogP contribution is -2.27. The summed E-state index contributed by atoms with van der Waals surface area (Å²) in [5.74, 6) is -0.114. The highest BCUT2D eigenvalue weighted by molar-refractivity contribution is 8.14. The Hall–Kier alpha value is -0.800. The predicted octanol–water partition coefficient (Wildman–Crippen LogP) is 0.211. The van der Waals surface area contributed by atoms with E-state index in [0.29, 0.717) is 5.16 Å². The summed E-state index contributed by atoms with van der Waals surface area (Å²) in [7, 11) is 3.23. The summed E-state index contributed by atoms with van der Waals surface area (Å²) < 4.78 is 24.0. The third-order valence-electron chi connectivity index (χ3n) is 2.62. The van der Waals surface area contributed by atoms with Crippen LogP contribution in [-0.2, 0) is 20.9 Å². The van der Waals surface area contributed by atoms with Crippen LogP contribution in [0, 0.1) is 0 Å². The van der Waals surface area contributed by atoms with Crippen molar-refractivity contribution in [2.24, 2.45) is 7.05 Å². The van der Waals surface area contributed by atoms with Crippen LogP contribution in [0.25, 0.3) is 0 Å². The molecule has 1 fully saturated rings. The van der Waals surface area contributed by atoms with Crippen LogP contribution in [0.4, 0.5) is 5.95 Å². The molecule has 0 saturated carbocycles. The monoisotopic (exact) mass is 310 g/mol. The van der Waals surface area contributed by atoms with Gasteiger partial charge >= 0.3 is 0 Å². The van der Waals surface area contributed by atoms with Crippen molar-refractivity contribution in [1.82, 2.24) is 14.8 Å².